The van der Waals surface area contributed by atoms with E-state index in [9.17, 15) is 9.59 Å². The second-order valence-corrected chi connectivity index (χ2v) is 8.15. The Balaban J connectivity index is 0.00000265. The fourth-order valence-corrected chi connectivity index (χ4v) is 3.14. The number of amidine groups is 1. The van der Waals surface area contributed by atoms with Crippen LogP contribution in [-0.2, 0) is 19.1 Å². The Morgan fingerprint density at radius 2 is 1.85 bits per heavy atom. The quantitative estimate of drug-likeness (QED) is 0.178. The van der Waals surface area contributed by atoms with E-state index in [1.807, 2.05) is 42.8 Å². The number of hydrogen-bond donors (Lipinski definition) is 3. The van der Waals surface area contributed by atoms with E-state index in [4.69, 9.17) is 32.7 Å². The molecule has 33 heavy (non-hydrogen) atoms. The predicted molar refractivity (Wildman–Crippen MR) is 141 cm³/mol. The summed E-state index contributed by atoms with van der Waals surface area (Å²) in [5.74, 6) is 0.246. The summed E-state index contributed by atoms with van der Waals surface area (Å²) in [7, 11) is 0. The third-order valence-electron chi connectivity index (χ3n) is 4.14. The maximum Gasteiger partial charge on any atom is 0.245 e. The first kappa shape index (κ1) is 29.9. The number of nitrogens with zero attached hydrogens (tertiary/aromatic N) is 2. The van der Waals surface area contributed by atoms with Crippen molar-refractivity contribution in [2.75, 3.05) is 51.1 Å². The van der Waals surface area contributed by atoms with Crippen LogP contribution in [0.25, 0.3) is 0 Å². The van der Waals surface area contributed by atoms with Crippen LogP contribution < -0.4 is 19.2 Å². The lowest BCUT2D eigenvalue weighted by molar-refractivity contribution is -0.126. The van der Waals surface area contributed by atoms with Crippen LogP contribution in [0.1, 0.15) is 33.1 Å². The van der Waals surface area contributed by atoms with Crippen LogP contribution >= 0.6 is 46.1 Å². The third-order valence-corrected chi connectivity index (χ3v) is 5.41. The summed E-state index contributed by atoms with van der Waals surface area (Å²) in [6.07, 6.45) is 1.43. The molecule has 0 atom stereocenters. The van der Waals surface area contributed by atoms with Gasteiger partial charge in [-0.2, -0.15) is 5.10 Å². The molecule has 3 N–H and O–H groups in total. The summed E-state index contributed by atoms with van der Waals surface area (Å²) in [6, 6.07) is 5.27. The second-order valence-electron chi connectivity index (χ2n) is 6.57. The number of hydrogen-bond acceptors (Lipinski definition) is 7. The average molecular weight is 616 g/mol. The first-order valence-electron chi connectivity index (χ1n) is 10.8. The van der Waals surface area contributed by atoms with Crippen LogP contribution in [0.5, 0.6) is 0 Å². The molecule has 2 amide bonds. The molecule has 1 aromatic rings. The highest BCUT2D eigenvalue weighted by Crippen LogP contribution is 2.28. The van der Waals surface area contributed by atoms with Gasteiger partial charge in [-0.25, -0.2) is 0 Å². The van der Waals surface area contributed by atoms with Crippen molar-refractivity contribution in [3.8, 4) is 0 Å². The van der Waals surface area contributed by atoms with Gasteiger partial charge >= 0.3 is 0 Å². The zero-order valence-electron chi connectivity index (χ0n) is 19.0. The topological polar surface area (TPSA) is 104 Å². The molecule has 2 rings (SSSR count). The minimum Gasteiger partial charge on any atom is -0.378 e. The Labute approximate surface area is 219 Å². The molecule has 0 saturated carbocycles. The lowest BCUT2D eigenvalue weighted by Gasteiger charge is -2.13. The molecule has 1 aliphatic rings. The number of halogens is 3. The van der Waals surface area contributed by atoms with Gasteiger partial charge in [-0.1, -0.05) is 37.0 Å². The van der Waals surface area contributed by atoms with Crippen LogP contribution in [0, 0.1) is 0 Å². The number of ether oxygens (including phenoxy) is 2. The number of amides is 2. The van der Waals surface area contributed by atoms with Gasteiger partial charge in [0, 0.05) is 55.3 Å². The van der Waals surface area contributed by atoms with Crippen molar-refractivity contribution in [1.29, 1.82) is 0 Å². The highest BCUT2D eigenvalue weighted by atomic mass is 127. The second kappa shape index (κ2) is 18.2. The Morgan fingerprint density at radius 3 is 2.58 bits per heavy atom. The molecule has 9 nitrogen and oxygen atoms in total. The smallest absolute Gasteiger partial charge is 0.245 e. The number of carbonyl (C=O) groups is 2. The molecule has 0 fully saturated rings. The normalized spacial score (nSPS) is 12.6. The van der Waals surface area contributed by atoms with E-state index in [0.717, 1.165) is 12.2 Å². The number of hydrazone groups is 1. The lowest BCUT2D eigenvalue weighted by atomic mass is 10.3. The molecule has 1 aromatic carbocycles. The molecule has 0 saturated heterocycles. The highest BCUT2D eigenvalue weighted by Gasteiger charge is 2.18. The van der Waals surface area contributed by atoms with Gasteiger partial charge in [0.05, 0.1) is 35.6 Å². The standard InChI is InChI=1S/C19H26Cl2IN5O4.C2H6/c20-15-4-3-14(12-16(15)21)27-8-5-17(26-27)25-18(28)2-1-6-23-19(29)13-31-11-10-30-9-7-24-22;1-2/h3-4,12,24H,1-2,5-11,13H2,(H,23,29)(H,25,26,28);1-2H3. The first-order valence-corrected chi connectivity index (χ1v) is 12.7. The van der Waals surface area contributed by atoms with Gasteiger partial charge in [0.2, 0.25) is 11.8 Å². The molecule has 0 spiro atoms. The van der Waals surface area contributed by atoms with Crippen LogP contribution in [-0.4, -0.2) is 63.7 Å². The summed E-state index contributed by atoms with van der Waals surface area (Å²) in [6.45, 7) is 7.18. The molecule has 12 heteroatoms. The van der Waals surface area contributed by atoms with Gasteiger partial charge < -0.3 is 20.1 Å². The number of carbonyl (C=O) groups excluding carboxylic acids is 2. The van der Waals surface area contributed by atoms with E-state index in [0.29, 0.717) is 61.6 Å². The van der Waals surface area contributed by atoms with E-state index in [1.54, 1.807) is 17.1 Å². The molecule has 0 radical (unpaired) electrons. The fourth-order valence-electron chi connectivity index (χ4n) is 2.62. The minimum atomic E-state index is -0.216. The molecule has 0 aromatic heterocycles. The predicted octanol–water partition coefficient (Wildman–Crippen LogP) is 3.53. The van der Waals surface area contributed by atoms with Crippen LogP contribution in [0.2, 0.25) is 10.0 Å². The zero-order valence-corrected chi connectivity index (χ0v) is 22.6. The zero-order chi connectivity index (χ0) is 24.5. The van der Waals surface area contributed by atoms with Gasteiger partial charge in [0.15, 0.2) is 0 Å². The summed E-state index contributed by atoms with van der Waals surface area (Å²) >= 11 is 14.0. The van der Waals surface area contributed by atoms with Crippen molar-refractivity contribution in [1.82, 2.24) is 14.2 Å². The summed E-state index contributed by atoms with van der Waals surface area (Å²) in [5, 5.41) is 12.6. The lowest BCUT2D eigenvalue weighted by Crippen LogP contribution is -2.32. The van der Waals surface area contributed by atoms with Crippen molar-refractivity contribution in [2.45, 2.75) is 33.1 Å². The molecule has 186 valence electrons. The van der Waals surface area contributed by atoms with Gasteiger partial charge in [0.25, 0.3) is 0 Å². The number of anilines is 1. The number of nitrogens with one attached hydrogen (secondary N) is 3. The molecule has 0 unspecified atom stereocenters. The Bertz CT molecular complexity index is 770. The van der Waals surface area contributed by atoms with E-state index >= 15 is 0 Å². The highest BCUT2D eigenvalue weighted by molar-refractivity contribution is 14.1. The third kappa shape index (κ3) is 12.7. The van der Waals surface area contributed by atoms with Crippen molar-refractivity contribution in [3.05, 3.63) is 28.2 Å². The van der Waals surface area contributed by atoms with Gasteiger partial charge in [-0.15, -0.1) is 0 Å². The van der Waals surface area contributed by atoms with Crippen molar-refractivity contribution in [3.63, 3.8) is 0 Å². The maximum atomic E-state index is 12.1. The maximum absolute atomic E-state index is 12.1. The first-order chi connectivity index (χ1) is 16.0. The van der Waals surface area contributed by atoms with Crippen LogP contribution in [0.15, 0.2) is 23.3 Å². The van der Waals surface area contributed by atoms with Crippen molar-refractivity contribution >= 4 is 69.4 Å². The molecule has 0 aliphatic carbocycles. The monoisotopic (exact) mass is 615 g/mol. The molecular formula is C21H32Cl2IN5O4. The SMILES string of the molecule is CC.O=C(COCCOCCNI)NCCCC(=O)NC1=NN(c2ccc(Cl)c(Cl)c2)CC1. The Kier molecular flexibility index (Phi) is 16.5. The molecule has 0 bridgehead atoms. The Morgan fingerprint density at radius 1 is 1.09 bits per heavy atom. The van der Waals surface area contributed by atoms with E-state index in [2.05, 4.69) is 19.3 Å². The van der Waals surface area contributed by atoms with E-state index in [-0.39, 0.29) is 24.8 Å². The van der Waals surface area contributed by atoms with Crippen molar-refractivity contribution < 1.29 is 19.1 Å². The number of benzene rings is 1. The van der Waals surface area contributed by atoms with Crippen LogP contribution in [0.3, 0.4) is 0 Å². The van der Waals surface area contributed by atoms with Gasteiger partial charge in [-0.3, -0.25) is 18.1 Å². The molecule has 1 heterocycles. The largest absolute Gasteiger partial charge is 0.378 e. The van der Waals surface area contributed by atoms with Crippen molar-refractivity contribution in [2.24, 2.45) is 5.10 Å². The van der Waals surface area contributed by atoms with Gasteiger partial charge in [-0.05, 0) is 24.6 Å². The summed E-state index contributed by atoms with van der Waals surface area (Å²) in [5.41, 5.74) is 0.813. The molecular weight excluding hydrogens is 584 g/mol. The number of rotatable bonds is 13. The summed E-state index contributed by atoms with van der Waals surface area (Å²) in [4.78, 5) is 23.8. The molecule has 1 aliphatic heterocycles. The average Bonchev–Trinajstić information content (AvgIpc) is 3.27. The van der Waals surface area contributed by atoms with Crippen LogP contribution in [0.4, 0.5) is 5.69 Å². The summed E-state index contributed by atoms with van der Waals surface area (Å²) < 4.78 is 13.5. The van der Waals surface area contributed by atoms with E-state index < -0.39 is 0 Å². The van der Waals surface area contributed by atoms with E-state index in [1.165, 1.54) is 0 Å². The Hall–Kier alpha value is -1.18. The van der Waals surface area contributed by atoms with Gasteiger partial charge in [0.1, 0.15) is 12.4 Å². The fraction of sp³-hybridized carbons (Fsp3) is 0.571. The minimum absolute atomic E-state index is 0.0263.